The Bertz CT molecular complexity index is 316. The first kappa shape index (κ1) is 13.7. The molecule has 1 atom stereocenters. The maximum absolute atomic E-state index is 12.3. The van der Waals surface area contributed by atoms with Crippen molar-refractivity contribution in [2.24, 2.45) is 5.92 Å². The van der Waals surface area contributed by atoms with Gasteiger partial charge < -0.3 is 10.2 Å². The minimum atomic E-state index is -0.307. The Morgan fingerprint density at radius 2 is 2.06 bits per heavy atom. The lowest BCUT2D eigenvalue weighted by molar-refractivity contribution is -0.134. The third-order valence-electron chi connectivity index (χ3n) is 3.78. The topological polar surface area (TPSA) is 49.4 Å². The second-order valence-corrected chi connectivity index (χ2v) is 6.34. The number of hydrogen-bond acceptors (Lipinski definition) is 3. The highest BCUT2D eigenvalue weighted by Gasteiger charge is 2.30. The van der Waals surface area contributed by atoms with Crippen LogP contribution in [0.15, 0.2) is 0 Å². The number of carbonyl (C=O) groups is 2. The van der Waals surface area contributed by atoms with E-state index in [0.717, 1.165) is 6.54 Å². The van der Waals surface area contributed by atoms with Gasteiger partial charge in [-0.1, -0.05) is 6.92 Å². The molecule has 4 nitrogen and oxygen atoms in total. The zero-order valence-corrected chi connectivity index (χ0v) is 11.8. The molecule has 2 saturated heterocycles. The summed E-state index contributed by atoms with van der Waals surface area (Å²) in [5, 5.41) is 2.81. The van der Waals surface area contributed by atoms with E-state index in [9.17, 15) is 9.59 Å². The van der Waals surface area contributed by atoms with Gasteiger partial charge in [-0.2, -0.15) is 11.8 Å². The highest BCUT2D eigenvalue weighted by Crippen LogP contribution is 2.24. The van der Waals surface area contributed by atoms with Crippen LogP contribution < -0.4 is 5.32 Å². The maximum Gasteiger partial charge on any atom is 0.245 e. The average molecular weight is 270 g/mol. The van der Waals surface area contributed by atoms with Crippen LogP contribution >= 0.6 is 11.8 Å². The van der Waals surface area contributed by atoms with Gasteiger partial charge in [0.25, 0.3) is 0 Å². The number of hydrogen-bond donors (Lipinski definition) is 1. The van der Waals surface area contributed by atoms with Crippen LogP contribution in [0.1, 0.15) is 32.6 Å². The quantitative estimate of drug-likeness (QED) is 0.840. The molecule has 5 heteroatoms. The lowest BCUT2D eigenvalue weighted by Crippen LogP contribution is -2.45. The van der Waals surface area contributed by atoms with Crippen molar-refractivity contribution in [1.82, 2.24) is 10.2 Å². The zero-order valence-electron chi connectivity index (χ0n) is 11.0. The van der Waals surface area contributed by atoms with Crippen LogP contribution in [0, 0.1) is 5.92 Å². The minimum absolute atomic E-state index is 0.0110. The lowest BCUT2D eigenvalue weighted by Gasteiger charge is -2.30. The lowest BCUT2D eigenvalue weighted by atomic mass is 10.0. The molecule has 0 bridgehead atoms. The molecule has 0 spiro atoms. The maximum atomic E-state index is 12.3. The van der Waals surface area contributed by atoms with Crippen molar-refractivity contribution in [2.75, 3.05) is 24.6 Å². The van der Waals surface area contributed by atoms with Gasteiger partial charge in [0.2, 0.25) is 11.8 Å². The summed E-state index contributed by atoms with van der Waals surface area (Å²) in [5.41, 5.74) is 0. The van der Waals surface area contributed by atoms with Crippen LogP contribution in [0.3, 0.4) is 0 Å². The Balaban J connectivity index is 1.96. The fourth-order valence-corrected chi connectivity index (χ4v) is 3.80. The van der Waals surface area contributed by atoms with E-state index in [0.29, 0.717) is 25.3 Å². The van der Waals surface area contributed by atoms with Crippen LogP contribution in [-0.2, 0) is 9.59 Å². The summed E-state index contributed by atoms with van der Waals surface area (Å²) >= 11 is 2.00. The predicted octanol–water partition coefficient (Wildman–Crippen LogP) is 1.26. The molecule has 2 fully saturated rings. The van der Waals surface area contributed by atoms with Gasteiger partial charge in [-0.05, 0) is 36.7 Å². The van der Waals surface area contributed by atoms with Gasteiger partial charge in [-0.15, -0.1) is 0 Å². The molecule has 2 amide bonds. The Hall–Kier alpha value is -0.710. The van der Waals surface area contributed by atoms with Crippen LogP contribution in [0.4, 0.5) is 0 Å². The molecular weight excluding hydrogens is 248 g/mol. The van der Waals surface area contributed by atoms with Gasteiger partial charge in [0, 0.05) is 19.5 Å². The number of rotatable bonds is 3. The molecule has 2 aliphatic rings. The van der Waals surface area contributed by atoms with E-state index >= 15 is 0 Å². The first-order valence-corrected chi connectivity index (χ1v) is 8.02. The van der Waals surface area contributed by atoms with Crippen molar-refractivity contribution in [3.05, 3.63) is 0 Å². The fraction of sp³-hybridized carbons (Fsp3) is 0.846. The van der Waals surface area contributed by atoms with Crippen molar-refractivity contribution in [3.8, 4) is 0 Å². The van der Waals surface area contributed by atoms with Crippen molar-refractivity contribution >= 4 is 23.6 Å². The number of carbonyl (C=O) groups excluding carboxylic acids is 2. The summed E-state index contributed by atoms with van der Waals surface area (Å²) in [6.45, 7) is 3.37. The minimum Gasteiger partial charge on any atom is -0.344 e. The van der Waals surface area contributed by atoms with Gasteiger partial charge in [0.15, 0.2) is 0 Å². The molecular formula is C13H22N2O2S. The standard InChI is InChI=1S/C13H22N2O2S/c1-2-11-13(17)15(6-3-12(16)14-11)9-10-4-7-18-8-5-10/h10-11H,2-9H2,1H3,(H,14,16). The fourth-order valence-electron chi connectivity index (χ4n) is 2.59. The van der Waals surface area contributed by atoms with Crippen LogP contribution in [-0.4, -0.2) is 47.4 Å². The van der Waals surface area contributed by atoms with Crippen molar-refractivity contribution in [3.63, 3.8) is 0 Å². The highest BCUT2D eigenvalue weighted by atomic mass is 32.2. The van der Waals surface area contributed by atoms with E-state index in [2.05, 4.69) is 5.32 Å². The molecule has 0 saturated carbocycles. The first-order valence-electron chi connectivity index (χ1n) is 6.86. The second kappa shape index (κ2) is 6.45. The Kier molecular flexibility index (Phi) is 4.92. The van der Waals surface area contributed by atoms with Crippen LogP contribution in [0.5, 0.6) is 0 Å². The van der Waals surface area contributed by atoms with Crippen LogP contribution in [0.25, 0.3) is 0 Å². The molecule has 0 aromatic heterocycles. The summed E-state index contributed by atoms with van der Waals surface area (Å²) in [7, 11) is 0. The number of thioether (sulfide) groups is 1. The normalized spacial score (nSPS) is 26.9. The molecule has 0 aromatic rings. The average Bonchev–Trinajstić information content (AvgIpc) is 2.53. The van der Waals surface area contributed by atoms with E-state index < -0.39 is 0 Å². The molecule has 1 unspecified atom stereocenters. The predicted molar refractivity (Wildman–Crippen MR) is 73.5 cm³/mol. The highest BCUT2D eigenvalue weighted by molar-refractivity contribution is 7.99. The SMILES string of the molecule is CCC1NC(=O)CCN(CC2CCSCC2)C1=O. The van der Waals surface area contributed by atoms with E-state index in [4.69, 9.17) is 0 Å². The third-order valence-corrected chi connectivity index (χ3v) is 4.83. The van der Waals surface area contributed by atoms with Crippen LogP contribution in [0.2, 0.25) is 0 Å². The summed E-state index contributed by atoms with van der Waals surface area (Å²) < 4.78 is 0. The van der Waals surface area contributed by atoms with Crippen molar-refractivity contribution in [2.45, 2.75) is 38.6 Å². The zero-order chi connectivity index (χ0) is 13.0. The molecule has 2 aliphatic heterocycles. The van der Waals surface area contributed by atoms with E-state index in [1.807, 2.05) is 23.6 Å². The monoisotopic (exact) mass is 270 g/mol. The molecule has 2 heterocycles. The molecule has 18 heavy (non-hydrogen) atoms. The second-order valence-electron chi connectivity index (χ2n) is 5.12. The molecule has 0 aliphatic carbocycles. The van der Waals surface area contributed by atoms with E-state index in [1.54, 1.807) is 0 Å². The number of nitrogens with zero attached hydrogens (tertiary/aromatic N) is 1. The smallest absolute Gasteiger partial charge is 0.245 e. The van der Waals surface area contributed by atoms with Gasteiger partial charge in [-0.25, -0.2) is 0 Å². The Morgan fingerprint density at radius 1 is 1.33 bits per heavy atom. The molecule has 102 valence electrons. The van der Waals surface area contributed by atoms with Crippen molar-refractivity contribution in [1.29, 1.82) is 0 Å². The van der Waals surface area contributed by atoms with E-state index in [-0.39, 0.29) is 17.9 Å². The summed E-state index contributed by atoms with van der Waals surface area (Å²) in [6, 6.07) is -0.307. The van der Waals surface area contributed by atoms with Gasteiger partial charge in [-0.3, -0.25) is 9.59 Å². The molecule has 0 aromatic carbocycles. The Labute approximate surface area is 113 Å². The summed E-state index contributed by atoms with van der Waals surface area (Å²) in [4.78, 5) is 25.8. The molecule has 2 rings (SSSR count). The van der Waals surface area contributed by atoms with Gasteiger partial charge in [0.1, 0.15) is 6.04 Å². The van der Waals surface area contributed by atoms with Gasteiger partial charge in [0.05, 0.1) is 0 Å². The third kappa shape index (κ3) is 3.40. The number of nitrogens with one attached hydrogen (secondary N) is 1. The Morgan fingerprint density at radius 3 is 2.72 bits per heavy atom. The first-order chi connectivity index (χ1) is 8.70. The van der Waals surface area contributed by atoms with Crippen molar-refractivity contribution < 1.29 is 9.59 Å². The summed E-state index contributed by atoms with van der Waals surface area (Å²) in [6.07, 6.45) is 3.53. The van der Waals surface area contributed by atoms with Gasteiger partial charge >= 0.3 is 0 Å². The molecule has 0 radical (unpaired) electrons. The molecule has 1 N–H and O–H groups in total. The largest absolute Gasteiger partial charge is 0.344 e. The van der Waals surface area contributed by atoms with E-state index in [1.165, 1.54) is 24.3 Å². The summed E-state index contributed by atoms with van der Waals surface area (Å²) in [5.74, 6) is 3.17. The number of amides is 2.